The van der Waals surface area contributed by atoms with Crippen molar-refractivity contribution in [3.8, 4) is 5.75 Å². The van der Waals surface area contributed by atoms with E-state index in [1.165, 1.54) is 0 Å². The summed E-state index contributed by atoms with van der Waals surface area (Å²) >= 11 is 12.8. The van der Waals surface area contributed by atoms with Gasteiger partial charge in [0.25, 0.3) is 5.91 Å². The van der Waals surface area contributed by atoms with Crippen molar-refractivity contribution >= 4 is 67.5 Å². The molecule has 0 aliphatic rings. The number of benzene rings is 2. The fourth-order valence-corrected chi connectivity index (χ4v) is 4.13. The van der Waals surface area contributed by atoms with Crippen LogP contribution >= 0.6 is 55.9 Å². The van der Waals surface area contributed by atoms with Gasteiger partial charge >= 0.3 is 0 Å². The quantitative estimate of drug-likeness (QED) is 0.163. The van der Waals surface area contributed by atoms with Gasteiger partial charge in [0.2, 0.25) is 0 Å². The minimum Gasteiger partial charge on any atom is -0.492 e. The maximum absolute atomic E-state index is 12.5. The number of nitrogens with two attached hydrogens (primary N) is 1. The predicted molar refractivity (Wildman–Crippen MR) is 129 cm³/mol. The Morgan fingerprint density at radius 1 is 1.23 bits per heavy atom. The third kappa shape index (κ3) is 8.43. The Balaban J connectivity index is 0.00000450. The molecule has 10 heteroatoms. The van der Waals surface area contributed by atoms with Gasteiger partial charge in [-0.05, 0) is 65.1 Å². The molecule has 0 aliphatic heterocycles. The Kier molecular flexibility index (Phi) is 12.4. The van der Waals surface area contributed by atoms with Gasteiger partial charge in [-0.2, -0.15) is 0 Å². The summed E-state index contributed by atoms with van der Waals surface area (Å²) in [5.74, 6) is 0.155. The number of carbonyl (C=O) groups excluding carboxylic acids is 1. The lowest BCUT2D eigenvalue weighted by atomic mass is 10.1. The lowest BCUT2D eigenvalue weighted by Gasteiger charge is -2.14. The van der Waals surface area contributed by atoms with Gasteiger partial charge in [0.05, 0.1) is 11.1 Å². The summed E-state index contributed by atoms with van der Waals surface area (Å²) < 4.78 is 7.36. The SMILES string of the molecule is Cl.NCCCOc1c(Br)cc(Br)cc1C/C(=N/O)C(=O)NCCc1ccc(Cl)cc1. The number of nitrogens with zero attached hydrogens (tertiary/aromatic N) is 1. The summed E-state index contributed by atoms with van der Waals surface area (Å²) in [5, 5.41) is 16.0. The predicted octanol–water partition coefficient (Wildman–Crippen LogP) is 4.75. The van der Waals surface area contributed by atoms with E-state index in [1.54, 1.807) is 12.1 Å². The molecule has 0 aromatic heterocycles. The van der Waals surface area contributed by atoms with Gasteiger partial charge in [-0.15, -0.1) is 12.4 Å². The van der Waals surface area contributed by atoms with Gasteiger partial charge in [-0.3, -0.25) is 4.79 Å². The molecule has 2 aromatic rings. The first kappa shape index (κ1) is 26.7. The zero-order chi connectivity index (χ0) is 21.2. The number of amides is 1. The highest BCUT2D eigenvalue weighted by molar-refractivity contribution is 9.11. The molecule has 0 spiro atoms. The molecule has 2 rings (SSSR count). The first-order valence-corrected chi connectivity index (χ1v) is 10.9. The van der Waals surface area contributed by atoms with Crippen LogP contribution in [0.25, 0.3) is 0 Å². The second-order valence-corrected chi connectivity index (χ2v) is 8.43. The van der Waals surface area contributed by atoms with Gasteiger partial charge in [0.15, 0.2) is 0 Å². The van der Waals surface area contributed by atoms with Gasteiger partial charge in [0.1, 0.15) is 11.5 Å². The summed E-state index contributed by atoms with van der Waals surface area (Å²) in [6.07, 6.45) is 1.45. The van der Waals surface area contributed by atoms with Crippen molar-refractivity contribution in [2.24, 2.45) is 10.9 Å². The molecule has 0 atom stereocenters. The van der Waals surface area contributed by atoms with E-state index in [0.717, 1.165) is 14.5 Å². The average Bonchev–Trinajstić information content (AvgIpc) is 2.69. The Morgan fingerprint density at radius 2 is 1.93 bits per heavy atom. The molecule has 2 aromatic carbocycles. The maximum atomic E-state index is 12.5. The Hall–Kier alpha value is -1.32. The van der Waals surface area contributed by atoms with Crippen LogP contribution in [0, 0.1) is 0 Å². The monoisotopic (exact) mass is 581 g/mol. The molecule has 0 heterocycles. The van der Waals surface area contributed by atoms with E-state index in [2.05, 4.69) is 42.3 Å². The van der Waals surface area contributed by atoms with Crippen molar-refractivity contribution in [3.05, 3.63) is 61.5 Å². The summed E-state index contributed by atoms with van der Waals surface area (Å²) in [6.45, 7) is 1.37. The second kappa shape index (κ2) is 13.9. The third-order valence-corrected chi connectivity index (χ3v) is 5.33. The molecule has 6 nitrogen and oxygen atoms in total. The van der Waals surface area contributed by atoms with Crippen molar-refractivity contribution < 1.29 is 14.7 Å². The van der Waals surface area contributed by atoms with E-state index in [0.29, 0.717) is 48.9 Å². The molecule has 0 fully saturated rings. The minimum atomic E-state index is -0.439. The van der Waals surface area contributed by atoms with E-state index in [4.69, 9.17) is 22.1 Å². The molecule has 30 heavy (non-hydrogen) atoms. The van der Waals surface area contributed by atoms with E-state index >= 15 is 0 Å². The minimum absolute atomic E-state index is 0. The second-order valence-electron chi connectivity index (χ2n) is 6.22. The van der Waals surface area contributed by atoms with Crippen LogP contribution in [0.3, 0.4) is 0 Å². The van der Waals surface area contributed by atoms with Crippen LogP contribution in [0.15, 0.2) is 50.5 Å². The Bertz CT molecular complexity index is 865. The summed E-state index contributed by atoms with van der Waals surface area (Å²) in [7, 11) is 0. The number of hydrogen-bond acceptors (Lipinski definition) is 5. The number of hydrogen-bond donors (Lipinski definition) is 3. The molecule has 4 N–H and O–H groups in total. The Labute approximate surface area is 203 Å². The van der Waals surface area contributed by atoms with Crippen molar-refractivity contribution in [2.75, 3.05) is 19.7 Å². The molecule has 164 valence electrons. The van der Waals surface area contributed by atoms with Crippen LogP contribution in [-0.4, -0.2) is 36.5 Å². The van der Waals surface area contributed by atoms with Gasteiger partial charge in [0, 0.05) is 28.0 Å². The number of nitrogens with one attached hydrogen (secondary N) is 1. The summed E-state index contributed by atoms with van der Waals surface area (Å²) in [6, 6.07) is 11.1. The topological polar surface area (TPSA) is 96.9 Å². The molecule has 0 saturated heterocycles. The number of ether oxygens (including phenoxy) is 1. The fraction of sp³-hybridized carbons (Fsp3) is 0.300. The van der Waals surface area contributed by atoms with E-state index in [1.807, 2.05) is 24.3 Å². The highest BCUT2D eigenvalue weighted by Crippen LogP contribution is 2.33. The van der Waals surface area contributed by atoms with Crippen LogP contribution in [0.4, 0.5) is 0 Å². The van der Waals surface area contributed by atoms with Crippen molar-refractivity contribution in [2.45, 2.75) is 19.3 Å². The van der Waals surface area contributed by atoms with Crippen LogP contribution in [0.2, 0.25) is 5.02 Å². The standard InChI is InChI=1S/C20H22Br2ClN3O3.ClH/c21-15-10-14(19(17(22)12-15)29-9-1-7-24)11-18(26-28)20(27)25-8-6-13-2-4-16(23)5-3-13;/h2-5,10,12,28H,1,6-9,11,24H2,(H,25,27);1H/b26-18-;. The zero-order valence-electron chi connectivity index (χ0n) is 16.0. The molecule has 0 saturated carbocycles. The smallest absolute Gasteiger partial charge is 0.269 e. The van der Waals surface area contributed by atoms with Crippen LogP contribution in [0.1, 0.15) is 17.5 Å². The Morgan fingerprint density at radius 3 is 2.57 bits per heavy atom. The zero-order valence-corrected chi connectivity index (χ0v) is 20.8. The molecule has 1 amide bonds. The highest BCUT2D eigenvalue weighted by atomic mass is 79.9. The van der Waals surface area contributed by atoms with Crippen molar-refractivity contribution in [1.29, 1.82) is 0 Å². The normalized spacial score (nSPS) is 11.0. The first-order valence-electron chi connectivity index (χ1n) is 8.99. The number of carbonyl (C=O) groups is 1. The molecular weight excluding hydrogens is 561 g/mol. The average molecular weight is 584 g/mol. The van der Waals surface area contributed by atoms with E-state index in [9.17, 15) is 10.0 Å². The lowest BCUT2D eigenvalue weighted by Crippen LogP contribution is -2.33. The van der Waals surface area contributed by atoms with Gasteiger partial charge in [-0.1, -0.05) is 44.8 Å². The van der Waals surface area contributed by atoms with Gasteiger partial charge < -0.3 is 21.0 Å². The van der Waals surface area contributed by atoms with Crippen LogP contribution in [0.5, 0.6) is 5.75 Å². The summed E-state index contributed by atoms with van der Waals surface area (Å²) in [4.78, 5) is 12.5. The molecular formula is C20H23Br2Cl2N3O3. The maximum Gasteiger partial charge on any atom is 0.269 e. The van der Waals surface area contributed by atoms with Crippen LogP contribution < -0.4 is 15.8 Å². The molecule has 0 unspecified atom stereocenters. The first-order chi connectivity index (χ1) is 13.9. The molecule has 0 radical (unpaired) electrons. The highest BCUT2D eigenvalue weighted by Gasteiger charge is 2.18. The third-order valence-electron chi connectivity index (χ3n) is 4.03. The summed E-state index contributed by atoms with van der Waals surface area (Å²) in [5.41, 5.74) is 7.27. The van der Waals surface area contributed by atoms with Crippen molar-refractivity contribution in [3.63, 3.8) is 0 Å². The number of halogens is 4. The largest absolute Gasteiger partial charge is 0.492 e. The molecule has 0 aliphatic carbocycles. The van der Waals surface area contributed by atoms with E-state index in [-0.39, 0.29) is 24.5 Å². The number of oxime groups is 1. The van der Waals surface area contributed by atoms with Gasteiger partial charge in [-0.25, -0.2) is 0 Å². The van der Waals surface area contributed by atoms with Crippen molar-refractivity contribution in [1.82, 2.24) is 5.32 Å². The molecule has 0 bridgehead atoms. The number of rotatable bonds is 10. The fourth-order valence-electron chi connectivity index (χ4n) is 2.58. The lowest BCUT2D eigenvalue weighted by molar-refractivity contribution is -0.115. The van der Waals surface area contributed by atoms with Crippen LogP contribution in [-0.2, 0) is 17.6 Å². The van der Waals surface area contributed by atoms with E-state index < -0.39 is 5.91 Å².